The van der Waals surface area contributed by atoms with Gasteiger partial charge in [-0.25, -0.2) is 0 Å². The van der Waals surface area contributed by atoms with Crippen LogP contribution in [0.2, 0.25) is 0 Å². The predicted molar refractivity (Wildman–Crippen MR) is 142 cm³/mol. The third-order valence-corrected chi connectivity index (χ3v) is 7.91. The zero-order chi connectivity index (χ0) is 25.8. The standard InChI is InChI=1S/C29H35F3N4O/c30-29(31,32)23-6-3-7-25(18-23)36-16-14-35(15-17-36)13-12-22-20-33-27-10-9-24(19-26(22)27)34-28(37)11-8-21-4-1-2-5-21/h3,6-7,9-10,18-21,33H,1-2,4-5,8,11-17H2,(H,34,37). The van der Waals surface area contributed by atoms with E-state index in [1.807, 2.05) is 23.2 Å². The van der Waals surface area contributed by atoms with Crippen LogP contribution in [-0.4, -0.2) is 48.5 Å². The SMILES string of the molecule is O=C(CCC1CCCC1)Nc1ccc2[nH]cc(CCN3CCN(c4cccc(C(F)(F)F)c4)CC3)c2c1. The van der Waals surface area contributed by atoms with Crippen LogP contribution in [0.4, 0.5) is 24.5 Å². The van der Waals surface area contributed by atoms with Gasteiger partial charge in [-0.3, -0.25) is 9.69 Å². The van der Waals surface area contributed by atoms with Gasteiger partial charge in [0.25, 0.3) is 0 Å². The molecular formula is C29H35F3N4O. The summed E-state index contributed by atoms with van der Waals surface area (Å²) in [5, 5.41) is 4.20. The first-order valence-corrected chi connectivity index (χ1v) is 13.4. The van der Waals surface area contributed by atoms with E-state index in [9.17, 15) is 18.0 Å². The first-order valence-electron chi connectivity index (χ1n) is 13.4. The van der Waals surface area contributed by atoms with E-state index in [1.54, 1.807) is 6.07 Å². The lowest BCUT2D eigenvalue weighted by molar-refractivity contribution is -0.137. The Morgan fingerprint density at radius 1 is 1.03 bits per heavy atom. The van der Waals surface area contributed by atoms with Crippen molar-refractivity contribution in [1.29, 1.82) is 0 Å². The van der Waals surface area contributed by atoms with E-state index in [0.29, 0.717) is 31.1 Å². The van der Waals surface area contributed by atoms with Gasteiger partial charge in [-0.1, -0.05) is 31.7 Å². The van der Waals surface area contributed by atoms with Crippen molar-refractivity contribution in [3.05, 3.63) is 59.8 Å². The summed E-state index contributed by atoms with van der Waals surface area (Å²) >= 11 is 0. The third kappa shape index (κ3) is 6.47. The second kappa shape index (κ2) is 11.2. The van der Waals surface area contributed by atoms with Crippen molar-refractivity contribution >= 4 is 28.2 Å². The molecule has 2 fully saturated rings. The Balaban J connectivity index is 1.13. The maximum absolute atomic E-state index is 13.1. The van der Waals surface area contributed by atoms with E-state index in [0.717, 1.165) is 55.1 Å². The molecule has 3 aromatic rings. The number of rotatable bonds is 8. The van der Waals surface area contributed by atoms with Crippen LogP contribution < -0.4 is 10.2 Å². The van der Waals surface area contributed by atoms with Gasteiger partial charge in [0.05, 0.1) is 5.56 Å². The van der Waals surface area contributed by atoms with Gasteiger partial charge in [0.1, 0.15) is 0 Å². The largest absolute Gasteiger partial charge is 0.416 e. The van der Waals surface area contributed by atoms with Gasteiger partial charge in [0.2, 0.25) is 5.91 Å². The van der Waals surface area contributed by atoms with Crippen LogP contribution in [0, 0.1) is 5.92 Å². The molecule has 198 valence electrons. The van der Waals surface area contributed by atoms with Crippen LogP contribution in [0.3, 0.4) is 0 Å². The van der Waals surface area contributed by atoms with E-state index in [1.165, 1.54) is 43.4 Å². The number of nitrogens with zero attached hydrogens (tertiary/aromatic N) is 2. The highest BCUT2D eigenvalue weighted by Gasteiger charge is 2.31. The molecule has 1 aromatic heterocycles. The average molecular weight is 513 g/mol. The van der Waals surface area contributed by atoms with Gasteiger partial charge >= 0.3 is 6.18 Å². The molecule has 0 atom stereocenters. The molecule has 1 saturated carbocycles. The minimum absolute atomic E-state index is 0.0852. The van der Waals surface area contributed by atoms with E-state index < -0.39 is 11.7 Å². The molecule has 8 heteroatoms. The van der Waals surface area contributed by atoms with Crippen molar-refractivity contribution in [2.24, 2.45) is 5.92 Å². The number of carbonyl (C=O) groups excluding carboxylic acids is 1. The molecule has 0 spiro atoms. The van der Waals surface area contributed by atoms with Crippen LogP contribution in [0.15, 0.2) is 48.7 Å². The summed E-state index contributed by atoms with van der Waals surface area (Å²) < 4.78 is 39.2. The van der Waals surface area contributed by atoms with Gasteiger partial charge in [-0.05, 0) is 60.7 Å². The summed E-state index contributed by atoms with van der Waals surface area (Å²) in [6, 6.07) is 11.6. The number of hydrogen-bond donors (Lipinski definition) is 2. The number of carbonyl (C=O) groups is 1. The second-order valence-corrected chi connectivity index (χ2v) is 10.4. The molecule has 0 bridgehead atoms. The van der Waals surface area contributed by atoms with E-state index in [-0.39, 0.29) is 5.91 Å². The van der Waals surface area contributed by atoms with Gasteiger partial charge in [-0.15, -0.1) is 0 Å². The van der Waals surface area contributed by atoms with Gasteiger partial charge in [-0.2, -0.15) is 13.2 Å². The number of aromatic amines is 1. The molecular weight excluding hydrogens is 477 g/mol. The number of H-pyrrole nitrogens is 1. The topological polar surface area (TPSA) is 51.4 Å². The number of halogens is 3. The zero-order valence-corrected chi connectivity index (χ0v) is 21.1. The number of alkyl halides is 3. The van der Waals surface area contributed by atoms with Gasteiger partial charge < -0.3 is 15.2 Å². The summed E-state index contributed by atoms with van der Waals surface area (Å²) in [6.45, 7) is 3.89. The minimum atomic E-state index is -4.32. The molecule has 1 saturated heterocycles. The van der Waals surface area contributed by atoms with Gasteiger partial charge in [0.15, 0.2) is 0 Å². The highest BCUT2D eigenvalue weighted by molar-refractivity contribution is 5.94. The molecule has 1 aliphatic heterocycles. The highest BCUT2D eigenvalue weighted by atomic mass is 19.4. The second-order valence-electron chi connectivity index (χ2n) is 10.4. The molecule has 5 nitrogen and oxygen atoms in total. The summed E-state index contributed by atoms with van der Waals surface area (Å²) in [5.41, 5.74) is 3.12. The molecule has 2 aliphatic rings. The summed E-state index contributed by atoms with van der Waals surface area (Å²) in [7, 11) is 0. The Kier molecular flexibility index (Phi) is 7.74. The first-order chi connectivity index (χ1) is 17.8. The number of aromatic nitrogens is 1. The molecule has 5 rings (SSSR count). The summed E-state index contributed by atoms with van der Waals surface area (Å²) in [5.74, 6) is 0.790. The number of hydrogen-bond acceptors (Lipinski definition) is 3. The smallest absolute Gasteiger partial charge is 0.369 e. The number of amides is 1. The molecule has 37 heavy (non-hydrogen) atoms. The average Bonchev–Trinajstić information content (AvgIpc) is 3.56. The van der Waals surface area contributed by atoms with Crippen molar-refractivity contribution in [1.82, 2.24) is 9.88 Å². The fourth-order valence-electron chi connectivity index (χ4n) is 5.71. The fraction of sp³-hybridized carbons (Fsp3) is 0.483. The lowest BCUT2D eigenvalue weighted by atomic mass is 10.0. The van der Waals surface area contributed by atoms with E-state index in [4.69, 9.17) is 0 Å². The van der Waals surface area contributed by atoms with E-state index in [2.05, 4.69) is 21.3 Å². The van der Waals surface area contributed by atoms with Crippen LogP contribution in [-0.2, 0) is 17.4 Å². The summed E-state index contributed by atoms with van der Waals surface area (Å²) in [6.07, 6.45) is 5.24. The maximum atomic E-state index is 13.1. The Bertz CT molecular complexity index is 1210. The van der Waals surface area contributed by atoms with Crippen molar-refractivity contribution < 1.29 is 18.0 Å². The Morgan fingerprint density at radius 2 is 1.81 bits per heavy atom. The van der Waals surface area contributed by atoms with Crippen LogP contribution in [0.1, 0.15) is 49.7 Å². The number of fused-ring (bicyclic) bond motifs is 1. The van der Waals surface area contributed by atoms with Crippen LogP contribution >= 0.6 is 0 Å². The molecule has 1 aliphatic carbocycles. The normalized spacial score (nSPS) is 17.5. The quantitative estimate of drug-likeness (QED) is 0.364. The lowest BCUT2D eigenvalue weighted by Gasteiger charge is -2.36. The first kappa shape index (κ1) is 25.6. The third-order valence-electron chi connectivity index (χ3n) is 7.91. The molecule has 2 N–H and O–H groups in total. The van der Waals surface area contributed by atoms with Crippen LogP contribution in [0.5, 0.6) is 0 Å². The molecule has 2 aromatic carbocycles. The molecule has 1 amide bonds. The minimum Gasteiger partial charge on any atom is -0.369 e. The van der Waals surface area contributed by atoms with Crippen molar-refractivity contribution in [3.63, 3.8) is 0 Å². The Labute approximate surface area is 216 Å². The van der Waals surface area contributed by atoms with Crippen LogP contribution in [0.25, 0.3) is 10.9 Å². The predicted octanol–water partition coefficient (Wildman–Crippen LogP) is 6.46. The number of nitrogens with one attached hydrogen (secondary N) is 2. The molecule has 0 radical (unpaired) electrons. The maximum Gasteiger partial charge on any atom is 0.416 e. The molecule has 2 heterocycles. The lowest BCUT2D eigenvalue weighted by Crippen LogP contribution is -2.47. The van der Waals surface area contributed by atoms with Gasteiger partial charge in [0, 0.05) is 67.6 Å². The zero-order valence-electron chi connectivity index (χ0n) is 21.1. The Morgan fingerprint density at radius 3 is 2.57 bits per heavy atom. The Hall–Kier alpha value is -3.00. The summed E-state index contributed by atoms with van der Waals surface area (Å²) in [4.78, 5) is 20.2. The fourth-order valence-corrected chi connectivity index (χ4v) is 5.71. The molecule has 0 unspecified atom stereocenters. The number of benzene rings is 2. The van der Waals surface area contributed by atoms with Crippen molar-refractivity contribution in [2.75, 3.05) is 42.9 Å². The van der Waals surface area contributed by atoms with Crippen molar-refractivity contribution in [3.8, 4) is 0 Å². The highest BCUT2D eigenvalue weighted by Crippen LogP contribution is 2.32. The monoisotopic (exact) mass is 512 g/mol. The number of piperazine rings is 1. The van der Waals surface area contributed by atoms with Crippen molar-refractivity contribution in [2.45, 2.75) is 51.1 Å². The van der Waals surface area contributed by atoms with E-state index >= 15 is 0 Å². The number of anilines is 2.